The lowest BCUT2D eigenvalue weighted by Crippen LogP contribution is -2.34. The molecular weight excluding hydrogens is 348 g/mol. The minimum Gasteiger partial charge on any atom is -0.465 e. The number of Topliss-reactive ketones (excluding diaryl/α,β-unsaturated/α-hetero) is 1. The Labute approximate surface area is 158 Å². The Morgan fingerprint density at radius 2 is 1.63 bits per heavy atom. The normalized spacial score (nSPS) is 11.9. The van der Waals surface area contributed by atoms with Gasteiger partial charge in [0, 0.05) is 31.8 Å². The topological polar surface area (TPSA) is 87.5 Å². The monoisotopic (exact) mass is 372 g/mol. The van der Waals surface area contributed by atoms with Crippen LogP contribution in [0.5, 0.6) is 0 Å². The molecule has 0 spiro atoms. The third-order valence-corrected chi connectivity index (χ3v) is 4.19. The van der Waals surface area contributed by atoms with Crippen molar-refractivity contribution < 1.29 is 23.9 Å². The number of aryl methyl sites for hydroxylation is 1. The molecule has 0 amide bonds. The molecule has 0 aliphatic carbocycles. The third-order valence-electron chi connectivity index (χ3n) is 4.19. The molecule has 7 heteroatoms. The first-order valence-electron chi connectivity index (χ1n) is 8.88. The number of ether oxygens (including phenoxy) is 2. The van der Waals surface area contributed by atoms with Crippen molar-refractivity contribution in [2.45, 2.75) is 26.2 Å². The summed E-state index contributed by atoms with van der Waals surface area (Å²) in [4.78, 5) is 42.0. The molecule has 0 aliphatic rings. The highest BCUT2D eigenvalue weighted by atomic mass is 16.6. The molecule has 7 nitrogen and oxygen atoms in total. The summed E-state index contributed by atoms with van der Waals surface area (Å²) < 4.78 is 11.8. The molecule has 1 unspecified atom stereocenters. The first-order chi connectivity index (χ1) is 13.0. The van der Waals surface area contributed by atoms with Crippen LogP contribution in [-0.2, 0) is 26.1 Å². The Kier molecular flexibility index (Phi) is 7.28. The fraction of sp³-hybridized carbons (Fsp3) is 0.400. The van der Waals surface area contributed by atoms with Crippen molar-refractivity contribution in [2.24, 2.45) is 13.0 Å². The summed E-state index contributed by atoms with van der Waals surface area (Å²) in [5, 5.41) is 0. The number of aromatic nitrogens is 2. The van der Waals surface area contributed by atoms with Crippen LogP contribution < -0.4 is 0 Å². The summed E-state index contributed by atoms with van der Waals surface area (Å²) in [7, 11) is 1.71. The summed E-state index contributed by atoms with van der Waals surface area (Å²) >= 11 is 0. The SMILES string of the molecule is CCOC(=O)C(C(=O)OCC)C(CC(=O)c1nccn1C)c1ccccc1. The van der Waals surface area contributed by atoms with Crippen molar-refractivity contribution in [3.05, 3.63) is 54.1 Å². The van der Waals surface area contributed by atoms with Crippen LogP contribution in [-0.4, -0.2) is 40.5 Å². The van der Waals surface area contributed by atoms with E-state index in [1.807, 2.05) is 6.07 Å². The zero-order chi connectivity index (χ0) is 19.8. The molecule has 2 rings (SSSR count). The maximum absolute atomic E-state index is 12.8. The highest BCUT2D eigenvalue weighted by molar-refractivity contribution is 5.99. The number of hydrogen-bond donors (Lipinski definition) is 0. The first kappa shape index (κ1) is 20.4. The largest absolute Gasteiger partial charge is 0.465 e. The van der Waals surface area contributed by atoms with Crippen molar-refractivity contribution in [2.75, 3.05) is 13.2 Å². The van der Waals surface area contributed by atoms with Crippen molar-refractivity contribution in [3.8, 4) is 0 Å². The fourth-order valence-corrected chi connectivity index (χ4v) is 2.94. The van der Waals surface area contributed by atoms with Gasteiger partial charge in [0.05, 0.1) is 13.2 Å². The average Bonchev–Trinajstić information content (AvgIpc) is 3.08. The number of nitrogens with zero attached hydrogens (tertiary/aromatic N) is 2. The van der Waals surface area contributed by atoms with Gasteiger partial charge in [-0.05, 0) is 19.4 Å². The van der Waals surface area contributed by atoms with E-state index >= 15 is 0 Å². The van der Waals surface area contributed by atoms with Gasteiger partial charge in [-0.15, -0.1) is 0 Å². The molecule has 1 aromatic heterocycles. The third kappa shape index (κ3) is 5.03. The molecular formula is C20H24N2O5. The molecule has 144 valence electrons. The summed E-state index contributed by atoms with van der Waals surface area (Å²) in [5.74, 6) is -3.34. The van der Waals surface area contributed by atoms with E-state index in [1.165, 1.54) is 6.20 Å². The average molecular weight is 372 g/mol. The number of benzene rings is 1. The van der Waals surface area contributed by atoms with Crippen LogP contribution in [0.2, 0.25) is 0 Å². The van der Waals surface area contributed by atoms with E-state index in [-0.39, 0.29) is 31.2 Å². The Balaban J connectivity index is 2.42. The second-order valence-electron chi connectivity index (χ2n) is 5.99. The van der Waals surface area contributed by atoms with Crippen molar-refractivity contribution in [1.82, 2.24) is 9.55 Å². The van der Waals surface area contributed by atoms with Crippen LogP contribution in [0.4, 0.5) is 0 Å². The number of hydrogen-bond acceptors (Lipinski definition) is 6. The summed E-state index contributed by atoms with van der Waals surface area (Å²) in [6.07, 6.45) is 3.12. The second-order valence-corrected chi connectivity index (χ2v) is 5.99. The minimum atomic E-state index is -1.23. The molecule has 0 N–H and O–H groups in total. The van der Waals surface area contributed by atoms with E-state index in [9.17, 15) is 14.4 Å². The van der Waals surface area contributed by atoms with Gasteiger partial charge in [0.15, 0.2) is 17.5 Å². The standard InChI is InChI=1S/C20H24N2O5/c1-4-26-19(24)17(20(25)27-5-2)15(14-9-7-6-8-10-14)13-16(23)18-21-11-12-22(18)3/h6-12,15,17H,4-5,13H2,1-3H3. The van der Waals surface area contributed by atoms with Crippen LogP contribution in [0.1, 0.15) is 42.4 Å². The molecule has 0 saturated carbocycles. The Morgan fingerprint density at radius 1 is 1.04 bits per heavy atom. The predicted octanol–water partition coefficient (Wildman–Crippen LogP) is 2.52. The van der Waals surface area contributed by atoms with Gasteiger partial charge < -0.3 is 14.0 Å². The highest BCUT2D eigenvalue weighted by Crippen LogP contribution is 2.31. The van der Waals surface area contributed by atoms with E-state index < -0.39 is 23.8 Å². The van der Waals surface area contributed by atoms with Gasteiger partial charge in [0.2, 0.25) is 0 Å². The lowest BCUT2D eigenvalue weighted by Gasteiger charge is -2.24. The van der Waals surface area contributed by atoms with Gasteiger partial charge in [-0.3, -0.25) is 14.4 Å². The van der Waals surface area contributed by atoms with Gasteiger partial charge >= 0.3 is 11.9 Å². The highest BCUT2D eigenvalue weighted by Gasteiger charge is 2.40. The zero-order valence-electron chi connectivity index (χ0n) is 15.8. The molecule has 0 radical (unpaired) electrons. The minimum absolute atomic E-state index is 0.0723. The molecule has 1 aromatic carbocycles. The fourth-order valence-electron chi connectivity index (χ4n) is 2.94. The van der Waals surface area contributed by atoms with Crippen LogP contribution in [0.15, 0.2) is 42.7 Å². The number of rotatable bonds is 9. The van der Waals surface area contributed by atoms with Crippen molar-refractivity contribution >= 4 is 17.7 Å². The van der Waals surface area contributed by atoms with Gasteiger partial charge in [0.25, 0.3) is 0 Å². The van der Waals surface area contributed by atoms with Crippen molar-refractivity contribution in [3.63, 3.8) is 0 Å². The Hall–Kier alpha value is -2.96. The Bertz CT molecular complexity index is 767. The number of carbonyl (C=O) groups is 3. The molecule has 27 heavy (non-hydrogen) atoms. The van der Waals surface area contributed by atoms with E-state index in [4.69, 9.17) is 9.47 Å². The predicted molar refractivity (Wildman–Crippen MR) is 98.1 cm³/mol. The summed E-state index contributed by atoms with van der Waals surface area (Å²) in [5.41, 5.74) is 0.686. The molecule has 0 bridgehead atoms. The van der Waals surface area contributed by atoms with Crippen LogP contribution >= 0.6 is 0 Å². The van der Waals surface area contributed by atoms with E-state index in [1.54, 1.807) is 55.9 Å². The zero-order valence-corrected chi connectivity index (χ0v) is 15.8. The van der Waals surface area contributed by atoms with E-state index in [0.29, 0.717) is 5.56 Å². The second kappa shape index (κ2) is 9.66. The van der Waals surface area contributed by atoms with Crippen LogP contribution in [0.3, 0.4) is 0 Å². The molecule has 0 fully saturated rings. The Morgan fingerprint density at radius 3 is 2.11 bits per heavy atom. The maximum atomic E-state index is 12.8. The van der Waals surface area contributed by atoms with Gasteiger partial charge in [0.1, 0.15) is 0 Å². The lowest BCUT2D eigenvalue weighted by molar-refractivity contribution is -0.162. The lowest BCUT2D eigenvalue weighted by atomic mass is 9.82. The van der Waals surface area contributed by atoms with Crippen LogP contribution in [0.25, 0.3) is 0 Å². The molecule has 0 aliphatic heterocycles. The van der Waals surface area contributed by atoms with E-state index in [0.717, 1.165) is 0 Å². The molecule has 0 saturated heterocycles. The summed E-state index contributed by atoms with van der Waals surface area (Å²) in [6.45, 7) is 3.58. The molecule has 1 atom stereocenters. The number of imidazole rings is 1. The maximum Gasteiger partial charge on any atom is 0.320 e. The van der Waals surface area contributed by atoms with Gasteiger partial charge in [-0.25, -0.2) is 4.98 Å². The van der Waals surface area contributed by atoms with E-state index in [2.05, 4.69) is 4.98 Å². The number of carbonyl (C=O) groups excluding carboxylic acids is 3. The van der Waals surface area contributed by atoms with Gasteiger partial charge in [-0.1, -0.05) is 30.3 Å². The number of esters is 2. The smallest absolute Gasteiger partial charge is 0.320 e. The molecule has 1 heterocycles. The van der Waals surface area contributed by atoms with Crippen LogP contribution in [0, 0.1) is 5.92 Å². The quantitative estimate of drug-likeness (QED) is 0.382. The molecule has 2 aromatic rings. The first-order valence-corrected chi connectivity index (χ1v) is 8.88. The van der Waals surface area contributed by atoms with Gasteiger partial charge in [-0.2, -0.15) is 0 Å². The van der Waals surface area contributed by atoms with Crippen molar-refractivity contribution in [1.29, 1.82) is 0 Å². The summed E-state index contributed by atoms with van der Waals surface area (Å²) in [6, 6.07) is 8.97. The number of ketones is 1.